The Morgan fingerprint density at radius 1 is 0.778 bits per heavy atom. The maximum atomic E-state index is 12.5. The number of amides is 2. The molecule has 5 nitrogen and oxygen atoms in total. The van der Waals surface area contributed by atoms with Gasteiger partial charge in [-0.2, -0.15) is 0 Å². The smallest absolute Gasteiger partial charge is 0.255 e. The molecule has 0 aliphatic carbocycles. The molecule has 27 heavy (non-hydrogen) atoms. The number of benzene rings is 3. The van der Waals surface area contributed by atoms with Crippen molar-refractivity contribution in [3.8, 4) is 5.75 Å². The zero-order chi connectivity index (χ0) is 19.1. The Hall–Kier alpha value is -3.60. The van der Waals surface area contributed by atoms with Crippen molar-refractivity contribution in [2.24, 2.45) is 0 Å². The van der Waals surface area contributed by atoms with E-state index in [-0.39, 0.29) is 18.2 Å². The van der Waals surface area contributed by atoms with Crippen molar-refractivity contribution in [1.29, 1.82) is 0 Å². The first kappa shape index (κ1) is 18.2. The van der Waals surface area contributed by atoms with E-state index in [1.165, 1.54) is 0 Å². The summed E-state index contributed by atoms with van der Waals surface area (Å²) in [6, 6.07) is 23.4. The van der Waals surface area contributed by atoms with E-state index in [0.717, 1.165) is 5.56 Å². The molecule has 0 aromatic heterocycles. The SMILES string of the molecule is COc1ccc(C(=O)Nc2ccccc2NC(=O)Cc2ccccc2)cc1. The number of carbonyl (C=O) groups is 2. The summed E-state index contributed by atoms with van der Waals surface area (Å²) in [5.74, 6) is 0.273. The molecule has 0 atom stereocenters. The minimum absolute atomic E-state index is 0.146. The van der Waals surface area contributed by atoms with Crippen molar-refractivity contribution in [3.05, 3.63) is 90.0 Å². The van der Waals surface area contributed by atoms with Gasteiger partial charge in [-0.25, -0.2) is 0 Å². The van der Waals surface area contributed by atoms with Gasteiger partial charge in [0, 0.05) is 5.56 Å². The summed E-state index contributed by atoms with van der Waals surface area (Å²) in [6.45, 7) is 0. The highest BCUT2D eigenvalue weighted by Gasteiger charge is 2.11. The van der Waals surface area contributed by atoms with Gasteiger partial charge in [0.15, 0.2) is 0 Å². The lowest BCUT2D eigenvalue weighted by Gasteiger charge is -2.12. The molecule has 3 aromatic carbocycles. The first-order chi connectivity index (χ1) is 13.2. The number of methoxy groups -OCH3 is 1. The first-order valence-corrected chi connectivity index (χ1v) is 8.54. The van der Waals surface area contributed by atoms with E-state index in [9.17, 15) is 9.59 Å². The number of nitrogens with one attached hydrogen (secondary N) is 2. The van der Waals surface area contributed by atoms with Crippen LogP contribution in [0.15, 0.2) is 78.9 Å². The molecule has 5 heteroatoms. The molecule has 0 spiro atoms. The zero-order valence-electron chi connectivity index (χ0n) is 14.9. The lowest BCUT2D eigenvalue weighted by Crippen LogP contribution is -2.18. The van der Waals surface area contributed by atoms with Crippen LogP contribution in [0.25, 0.3) is 0 Å². The van der Waals surface area contributed by atoms with E-state index in [1.807, 2.05) is 30.3 Å². The quantitative estimate of drug-likeness (QED) is 0.695. The average Bonchev–Trinajstić information content (AvgIpc) is 2.70. The first-order valence-electron chi connectivity index (χ1n) is 8.54. The lowest BCUT2D eigenvalue weighted by atomic mass is 10.1. The van der Waals surface area contributed by atoms with Crippen LogP contribution < -0.4 is 15.4 Å². The van der Waals surface area contributed by atoms with Crippen LogP contribution in [-0.4, -0.2) is 18.9 Å². The third-order valence-electron chi connectivity index (χ3n) is 4.01. The standard InChI is InChI=1S/C22H20N2O3/c1-27-18-13-11-17(12-14-18)22(26)24-20-10-6-5-9-19(20)23-21(25)15-16-7-3-2-4-8-16/h2-14H,15H2,1H3,(H,23,25)(H,24,26). The van der Waals surface area contributed by atoms with Crippen molar-refractivity contribution in [1.82, 2.24) is 0 Å². The van der Waals surface area contributed by atoms with Crippen LogP contribution in [0.4, 0.5) is 11.4 Å². The van der Waals surface area contributed by atoms with Crippen LogP contribution in [-0.2, 0) is 11.2 Å². The summed E-state index contributed by atoms with van der Waals surface area (Å²) >= 11 is 0. The molecule has 2 amide bonds. The molecule has 0 fully saturated rings. The molecule has 0 saturated heterocycles. The van der Waals surface area contributed by atoms with Crippen molar-refractivity contribution >= 4 is 23.2 Å². The second kappa shape index (κ2) is 8.67. The Kier molecular flexibility index (Phi) is 5.84. The van der Waals surface area contributed by atoms with Crippen LogP contribution in [0.1, 0.15) is 15.9 Å². The molecule has 136 valence electrons. The molecular formula is C22H20N2O3. The molecule has 0 aliphatic rings. The van der Waals surface area contributed by atoms with E-state index in [2.05, 4.69) is 10.6 Å². The topological polar surface area (TPSA) is 67.4 Å². The van der Waals surface area contributed by atoms with Gasteiger partial charge >= 0.3 is 0 Å². The number of rotatable bonds is 6. The second-order valence-electron chi connectivity index (χ2n) is 5.94. The van der Waals surface area contributed by atoms with E-state index < -0.39 is 0 Å². The maximum Gasteiger partial charge on any atom is 0.255 e. The largest absolute Gasteiger partial charge is 0.497 e. The average molecular weight is 360 g/mol. The molecule has 0 unspecified atom stereocenters. The number of hydrogen-bond donors (Lipinski definition) is 2. The van der Waals surface area contributed by atoms with Crippen LogP contribution >= 0.6 is 0 Å². The van der Waals surface area contributed by atoms with Gasteiger partial charge < -0.3 is 15.4 Å². The summed E-state index contributed by atoms with van der Waals surface area (Å²) < 4.78 is 5.10. The third kappa shape index (κ3) is 4.95. The fraction of sp³-hybridized carbons (Fsp3) is 0.0909. The second-order valence-corrected chi connectivity index (χ2v) is 5.94. The van der Waals surface area contributed by atoms with E-state index in [4.69, 9.17) is 4.74 Å². The van der Waals surface area contributed by atoms with Crippen molar-refractivity contribution in [3.63, 3.8) is 0 Å². The fourth-order valence-electron chi connectivity index (χ4n) is 2.61. The summed E-state index contributed by atoms with van der Waals surface area (Å²) in [7, 11) is 1.57. The highest BCUT2D eigenvalue weighted by molar-refractivity contribution is 6.07. The summed E-state index contributed by atoms with van der Waals surface area (Å²) in [4.78, 5) is 24.8. The molecular weight excluding hydrogens is 340 g/mol. The van der Waals surface area contributed by atoms with Crippen molar-refractivity contribution < 1.29 is 14.3 Å². The van der Waals surface area contributed by atoms with Gasteiger partial charge in [-0.3, -0.25) is 9.59 Å². The molecule has 0 heterocycles. The summed E-state index contributed by atoms with van der Waals surface area (Å²) in [5, 5.41) is 5.70. The van der Waals surface area contributed by atoms with Gasteiger partial charge in [0.2, 0.25) is 5.91 Å². The predicted molar refractivity (Wildman–Crippen MR) is 106 cm³/mol. The van der Waals surface area contributed by atoms with E-state index in [0.29, 0.717) is 22.7 Å². The van der Waals surface area contributed by atoms with Crippen molar-refractivity contribution in [2.75, 3.05) is 17.7 Å². The molecule has 0 saturated carbocycles. The highest BCUT2D eigenvalue weighted by atomic mass is 16.5. The minimum Gasteiger partial charge on any atom is -0.497 e. The van der Waals surface area contributed by atoms with E-state index >= 15 is 0 Å². The van der Waals surface area contributed by atoms with E-state index in [1.54, 1.807) is 55.6 Å². The van der Waals surface area contributed by atoms with Gasteiger partial charge in [-0.05, 0) is 42.0 Å². The normalized spacial score (nSPS) is 10.1. The van der Waals surface area contributed by atoms with Gasteiger partial charge in [0.05, 0.1) is 24.9 Å². The Balaban J connectivity index is 1.69. The number of carbonyl (C=O) groups excluding carboxylic acids is 2. The van der Waals surface area contributed by atoms with Gasteiger partial charge in [-0.15, -0.1) is 0 Å². The zero-order valence-corrected chi connectivity index (χ0v) is 14.9. The lowest BCUT2D eigenvalue weighted by molar-refractivity contribution is -0.115. The molecule has 0 aliphatic heterocycles. The number of anilines is 2. The molecule has 3 aromatic rings. The Labute approximate surface area is 158 Å². The van der Waals surface area contributed by atoms with Crippen LogP contribution in [0, 0.1) is 0 Å². The van der Waals surface area contributed by atoms with Crippen LogP contribution in [0.2, 0.25) is 0 Å². The third-order valence-corrected chi connectivity index (χ3v) is 4.01. The van der Waals surface area contributed by atoms with Crippen LogP contribution in [0.3, 0.4) is 0 Å². The van der Waals surface area contributed by atoms with Gasteiger partial charge in [-0.1, -0.05) is 42.5 Å². The van der Waals surface area contributed by atoms with Crippen molar-refractivity contribution in [2.45, 2.75) is 6.42 Å². The highest BCUT2D eigenvalue weighted by Crippen LogP contribution is 2.22. The molecule has 3 rings (SSSR count). The summed E-state index contributed by atoms with van der Waals surface area (Å²) in [6.07, 6.45) is 0.265. The summed E-state index contributed by atoms with van der Waals surface area (Å²) in [5.41, 5.74) is 2.52. The number of hydrogen-bond acceptors (Lipinski definition) is 3. The fourth-order valence-corrected chi connectivity index (χ4v) is 2.61. The number of para-hydroxylation sites is 2. The minimum atomic E-state index is -0.262. The van der Waals surface area contributed by atoms with Gasteiger partial charge in [0.1, 0.15) is 5.75 Å². The monoisotopic (exact) mass is 360 g/mol. The molecule has 2 N–H and O–H groups in total. The Bertz CT molecular complexity index is 922. The predicted octanol–water partition coefficient (Wildman–Crippen LogP) is 4.13. The Morgan fingerprint density at radius 2 is 1.37 bits per heavy atom. The maximum absolute atomic E-state index is 12.5. The van der Waals surface area contributed by atoms with Gasteiger partial charge in [0.25, 0.3) is 5.91 Å². The molecule has 0 bridgehead atoms. The number of ether oxygens (including phenoxy) is 1. The van der Waals surface area contributed by atoms with Crippen LogP contribution in [0.5, 0.6) is 5.75 Å². The molecule has 0 radical (unpaired) electrons. The Morgan fingerprint density at radius 3 is 2.00 bits per heavy atom.